The summed E-state index contributed by atoms with van der Waals surface area (Å²) in [6.07, 6.45) is 8.41. The van der Waals surface area contributed by atoms with Crippen molar-refractivity contribution in [1.29, 1.82) is 0 Å². The van der Waals surface area contributed by atoms with Crippen LogP contribution in [0.5, 0.6) is 0 Å². The van der Waals surface area contributed by atoms with Crippen LogP contribution in [0.2, 0.25) is 0 Å². The van der Waals surface area contributed by atoms with Gasteiger partial charge in [0.1, 0.15) is 12.1 Å². The average Bonchev–Trinajstić information content (AvgIpc) is 2.54. The molecule has 0 radical (unpaired) electrons. The Morgan fingerprint density at radius 1 is 1.33 bits per heavy atom. The number of fused-ring (bicyclic) bond motifs is 1. The number of rotatable bonds is 3. The molecule has 1 aliphatic carbocycles. The molecule has 1 unspecified atom stereocenters. The Labute approximate surface area is 125 Å². The van der Waals surface area contributed by atoms with Gasteiger partial charge >= 0.3 is 5.97 Å². The Hall–Kier alpha value is -1.65. The molecule has 1 aromatic rings. The lowest BCUT2D eigenvalue weighted by molar-refractivity contribution is -0.149. The summed E-state index contributed by atoms with van der Waals surface area (Å²) in [6, 6.07) is 0. The molecule has 1 saturated heterocycles. The number of hydrogen-bond donors (Lipinski definition) is 1. The first-order chi connectivity index (χ1) is 10.2. The number of aromatic nitrogens is 2. The maximum atomic E-state index is 11.7. The number of anilines is 1. The quantitative estimate of drug-likeness (QED) is 0.925. The number of aryl methyl sites for hydroxylation is 1. The second-order valence-corrected chi connectivity index (χ2v) is 6.29. The van der Waals surface area contributed by atoms with Gasteiger partial charge in [0.05, 0.1) is 5.41 Å². The first-order valence-corrected chi connectivity index (χ1v) is 7.97. The van der Waals surface area contributed by atoms with Crippen LogP contribution in [0.1, 0.15) is 50.3 Å². The molecule has 3 rings (SSSR count). The second-order valence-electron chi connectivity index (χ2n) is 6.29. The molecule has 1 aromatic heterocycles. The molecule has 1 fully saturated rings. The molecule has 5 nitrogen and oxygen atoms in total. The van der Waals surface area contributed by atoms with Crippen molar-refractivity contribution in [2.45, 2.75) is 51.9 Å². The molecule has 114 valence electrons. The third kappa shape index (κ3) is 2.49. The van der Waals surface area contributed by atoms with E-state index in [-0.39, 0.29) is 0 Å². The molecule has 1 atom stereocenters. The molecule has 0 spiro atoms. The van der Waals surface area contributed by atoms with Crippen LogP contribution in [0.25, 0.3) is 0 Å². The van der Waals surface area contributed by atoms with Crippen LogP contribution >= 0.6 is 0 Å². The van der Waals surface area contributed by atoms with Gasteiger partial charge in [0.2, 0.25) is 0 Å². The lowest BCUT2D eigenvalue weighted by Crippen LogP contribution is -2.48. The van der Waals surface area contributed by atoms with E-state index in [1.807, 2.05) is 6.92 Å². The van der Waals surface area contributed by atoms with Gasteiger partial charge in [-0.2, -0.15) is 0 Å². The van der Waals surface area contributed by atoms with E-state index in [0.717, 1.165) is 43.7 Å². The topological polar surface area (TPSA) is 66.3 Å². The van der Waals surface area contributed by atoms with E-state index in [0.29, 0.717) is 13.0 Å². The highest BCUT2D eigenvalue weighted by Gasteiger charge is 2.41. The first kappa shape index (κ1) is 14.3. The Morgan fingerprint density at radius 3 is 2.90 bits per heavy atom. The lowest BCUT2D eigenvalue weighted by Gasteiger charge is -2.41. The van der Waals surface area contributed by atoms with E-state index in [2.05, 4.69) is 14.9 Å². The number of piperidine rings is 1. The van der Waals surface area contributed by atoms with Crippen LogP contribution in [0, 0.1) is 5.41 Å². The largest absolute Gasteiger partial charge is 0.481 e. The molecule has 21 heavy (non-hydrogen) atoms. The van der Waals surface area contributed by atoms with Gasteiger partial charge < -0.3 is 10.0 Å². The summed E-state index contributed by atoms with van der Waals surface area (Å²) < 4.78 is 0. The first-order valence-electron chi connectivity index (χ1n) is 7.97. The van der Waals surface area contributed by atoms with Crippen LogP contribution in [0.3, 0.4) is 0 Å². The van der Waals surface area contributed by atoms with E-state index in [4.69, 9.17) is 0 Å². The molecule has 2 aliphatic rings. The van der Waals surface area contributed by atoms with Gasteiger partial charge in [-0.15, -0.1) is 0 Å². The minimum atomic E-state index is -0.669. The smallest absolute Gasteiger partial charge is 0.311 e. The minimum absolute atomic E-state index is 0.572. The average molecular weight is 289 g/mol. The van der Waals surface area contributed by atoms with E-state index in [1.165, 1.54) is 18.4 Å². The van der Waals surface area contributed by atoms with Crippen LogP contribution in [0.4, 0.5) is 5.82 Å². The molecule has 1 aliphatic heterocycles. The maximum Gasteiger partial charge on any atom is 0.311 e. The highest BCUT2D eigenvalue weighted by atomic mass is 16.4. The van der Waals surface area contributed by atoms with Gasteiger partial charge in [-0.3, -0.25) is 4.79 Å². The van der Waals surface area contributed by atoms with Crippen molar-refractivity contribution in [1.82, 2.24) is 9.97 Å². The van der Waals surface area contributed by atoms with Crippen molar-refractivity contribution in [3.05, 3.63) is 17.6 Å². The predicted molar refractivity (Wildman–Crippen MR) is 80.5 cm³/mol. The zero-order chi connectivity index (χ0) is 14.9. The molecule has 1 N–H and O–H groups in total. The van der Waals surface area contributed by atoms with Crippen molar-refractivity contribution < 1.29 is 9.90 Å². The van der Waals surface area contributed by atoms with Gasteiger partial charge in [0.25, 0.3) is 0 Å². The van der Waals surface area contributed by atoms with E-state index < -0.39 is 11.4 Å². The molecular formula is C16H23N3O2. The molecule has 0 saturated carbocycles. The summed E-state index contributed by atoms with van der Waals surface area (Å²) in [6.45, 7) is 3.45. The van der Waals surface area contributed by atoms with Gasteiger partial charge in [-0.1, -0.05) is 6.92 Å². The van der Waals surface area contributed by atoms with Gasteiger partial charge in [-0.25, -0.2) is 9.97 Å². The van der Waals surface area contributed by atoms with E-state index in [9.17, 15) is 9.90 Å². The monoisotopic (exact) mass is 289 g/mol. The molecule has 5 heteroatoms. The Balaban J connectivity index is 1.92. The number of hydrogen-bond acceptors (Lipinski definition) is 4. The van der Waals surface area contributed by atoms with Crippen LogP contribution in [-0.2, 0) is 17.6 Å². The third-order valence-electron chi connectivity index (χ3n) is 5.11. The number of carboxylic acids is 1. The Morgan fingerprint density at radius 2 is 2.14 bits per heavy atom. The van der Waals surface area contributed by atoms with Crippen molar-refractivity contribution in [3.63, 3.8) is 0 Å². The zero-order valence-electron chi connectivity index (χ0n) is 12.6. The minimum Gasteiger partial charge on any atom is -0.481 e. The summed E-state index contributed by atoms with van der Waals surface area (Å²) in [4.78, 5) is 22.8. The zero-order valence-corrected chi connectivity index (χ0v) is 12.6. The lowest BCUT2D eigenvalue weighted by atomic mass is 9.77. The molecule has 0 aromatic carbocycles. The van der Waals surface area contributed by atoms with Gasteiger partial charge in [0.15, 0.2) is 0 Å². The highest BCUT2D eigenvalue weighted by molar-refractivity contribution is 5.76. The Kier molecular flexibility index (Phi) is 3.83. The van der Waals surface area contributed by atoms with Crippen molar-refractivity contribution in [3.8, 4) is 0 Å². The second kappa shape index (κ2) is 5.62. The molecule has 2 heterocycles. The van der Waals surface area contributed by atoms with Gasteiger partial charge in [0, 0.05) is 24.3 Å². The fourth-order valence-corrected chi connectivity index (χ4v) is 3.70. The standard InChI is InChI=1S/C16H23N3O2/c1-2-16(15(20)21)8-5-9-19(10-16)14-12-6-3-4-7-13(12)17-11-18-14/h11H,2-10H2,1H3,(H,20,21). The van der Waals surface area contributed by atoms with Crippen molar-refractivity contribution in [2.75, 3.05) is 18.0 Å². The third-order valence-corrected chi connectivity index (χ3v) is 5.11. The number of carbonyl (C=O) groups is 1. The summed E-state index contributed by atoms with van der Waals surface area (Å²) in [5.74, 6) is 0.316. The summed E-state index contributed by atoms with van der Waals surface area (Å²) >= 11 is 0. The SMILES string of the molecule is CCC1(C(=O)O)CCCN(c2ncnc3c2CCCC3)C1. The molecule has 0 amide bonds. The number of carboxylic acid groups (broad SMARTS) is 1. The van der Waals surface area contributed by atoms with Crippen LogP contribution in [-0.4, -0.2) is 34.1 Å². The fourth-order valence-electron chi connectivity index (χ4n) is 3.70. The molecule has 0 bridgehead atoms. The number of aliphatic carboxylic acids is 1. The summed E-state index contributed by atoms with van der Waals surface area (Å²) in [5, 5.41) is 9.63. The predicted octanol–water partition coefficient (Wildman–Crippen LogP) is 2.44. The normalized spacial score (nSPS) is 25.5. The fraction of sp³-hybridized carbons (Fsp3) is 0.688. The van der Waals surface area contributed by atoms with Crippen molar-refractivity contribution >= 4 is 11.8 Å². The van der Waals surface area contributed by atoms with Gasteiger partial charge in [-0.05, 0) is 44.9 Å². The van der Waals surface area contributed by atoms with Crippen LogP contribution in [0.15, 0.2) is 6.33 Å². The maximum absolute atomic E-state index is 11.7. The Bertz CT molecular complexity index is 546. The molecular weight excluding hydrogens is 266 g/mol. The summed E-state index contributed by atoms with van der Waals surface area (Å²) in [5.41, 5.74) is 1.79. The van der Waals surface area contributed by atoms with E-state index >= 15 is 0 Å². The van der Waals surface area contributed by atoms with Crippen LogP contribution < -0.4 is 4.90 Å². The highest BCUT2D eigenvalue weighted by Crippen LogP contribution is 2.37. The number of nitrogens with zero attached hydrogens (tertiary/aromatic N) is 3. The van der Waals surface area contributed by atoms with Crippen molar-refractivity contribution in [2.24, 2.45) is 5.41 Å². The summed E-state index contributed by atoms with van der Waals surface area (Å²) in [7, 11) is 0. The van der Waals surface area contributed by atoms with E-state index in [1.54, 1.807) is 6.33 Å².